The molecule has 0 spiro atoms. The minimum atomic E-state index is -0.546. The van der Waals surface area contributed by atoms with Crippen LogP contribution in [0.3, 0.4) is 0 Å². The van der Waals surface area contributed by atoms with Crippen LogP contribution in [0.1, 0.15) is 31.1 Å². The number of fused-ring (bicyclic) bond motifs is 1. The first-order valence-corrected chi connectivity index (χ1v) is 7.33. The van der Waals surface area contributed by atoms with Crippen molar-refractivity contribution < 1.29 is 14.4 Å². The van der Waals surface area contributed by atoms with Crippen molar-refractivity contribution in [2.45, 2.75) is 0 Å². The van der Waals surface area contributed by atoms with Crippen LogP contribution in [-0.2, 0) is 0 Å². The predicted octanol–water partition coefficient (Wildman–Crippen LogP) is 2.71. The number of halogens is 1. The number of anilines is 1. The van der Waals surface area contributed by atoms with Crippen molar-refractivity contribution in [1.82, 2.24) is 4.90 Å². The highest BCUT2D eigenvalue weighted by Crippen LogP contribution is 2.26. The maximum Gasteiger partial charge on any atom is 0.262 e. The molecule has 0 atom stereocenters. The first-order valence-electron chi connectivity index (χ1n) is 6.95. The summed E-state index contributed by atoms with van der Waals surface area (Å²) >= 11 is 5.86. The van der Waals surface area contributed by atoms with Crippen molar-refractivity contribution in [3.8, 4) is 6.07 Å². The molecular weight excluding hydrogens is 330 g/mol. The molecule has 7 heteroatoms. The van der Waals surface area contributed by atoms with Gasteiger partial charge in [-0.05, 0) is 36.4 Å². The van der Waals surface area contributed by atoms with Crippen LogP contribution in [0, 0.1) is 11.3 Å². The number of imide groups is 1. The molecule has 2 aromatic rings. The van der Waals surface area contributed by atoms with E-state index in [0.29, 0.717) is 16.3 Å². The monoisotopic (exact) mass is 339 g/mol. The highest BCUT2D eigenvalue weighted by atomic mass is 35.5. The Kier molecular flexibility index (Phi) is 4.02. The van der Waals surface area contributed by atoms with Crippen LogP contribution in [0.15, 0.2) is 42.5 Å². The van der Waals surface area contributed by atoms with Gasteiger partial charge in [0.25, 0.3) is 17.7 Å². The van der Waals surface area contributed by atoms with Gasteiger partial charge < -0.3 is 5.32 Å². The van der Waals surface area contributed by atoms with E-state index in [1.165, 1.54) is 24.3 Å². The van der Waals surface area contributed by atoms with E-state index in [4.69, 9.17) is 16.9 Å². The van der Waals surface area contributed by atoms with E-state index in [9.17, 15) is 14.4 Å². The maximum absolute atomic E-state index is 12.2. The Hall–Kier alpha value is -3.17. The van der Waals surface area contributed by atoms with Gasteiger partial charge in [-0.3, -0.25) is 19.3 Å². The number of nitriles is 1. The molecule has 6 nitrogen and oxygen atoms in total. The van der Waals surface area contributed by atoms with Crippen LogP contribution in [0.5, 0.6) is 0 Å². The Morgan fingerprint density at radius 1 is 1.12 bits per heavy atom. The highest BCUT2D eigenvalue weighted by Gasteiger charge is 2.35. The first kappa shape index (κ1) is 15.7. The summed E-state index contributed by atoms with van der Waals surface area (Å²) in [5.74, 6) is -1.44. The van der Waals surface area contributed by atoms with E-state index in [1.807, 2.05) is 0 Å². The molecular formula is C17H10ClN3O3. The predicted molar refractivity (Wildman–Crippen MR) is 86.8 cm³/mol. The summed E-state index contributed by atoms with van der Waals surface area (Å²) in [6.07, 6.45) is 0. The number of hydrogen-bond acceptors (Lipinski definition) is 4. The molecule has 0 fully saturated rings. The smallest absolute Gasteiger partial charge is 0.262 e. The number of nitrogens with zero attached hydrogens (tertiary/aromatic N) is 2. The fourth-order valence-corrected chi connectivity index (χ4v) is 2.61. The topological polar surface area (TPSA) is 90.3 Å². The van der Waals surface area contributed by atoms with Crippen LogP contribution in [0.25, 0.3) is 0 Å². The number of benzene rings is 2. The maximum atomic E-state index is 12.2. The van der Waals surface area contributed by atoms with Crippen molar-refractivity contribution >= 4 is 35.0 Å². The van der Waals surface area contributed by atoms with Crippen molar-refractivity contribution in [3.05, 3.63) is 64.2 Å². The quantitative estimate of drug-likeness (QED) is 0.687. The third-order valence-corrected chi connectivity index (χ3v) is 3.78. The zero-order valence-corrected chi connectivity index (χ0v) is 13.0. The van der Waals surface area contributed by atoms with E-state index < -0.39 is 11.8 Å². The largest absolute Gasteiger partial charge is 0.322 e. The highest BCUT2D eigenvalue weighted by molar-refractivity contribution is 6.31. The van der Waals surface area contributed by atoms with Gasteiger partial charge in [-0.1, -0.05) is 17.7 Å². The first-order chi connectivity index (χ1) is 11.5. The number of rotatable bonds is 3. The summed E-state index contributed by atoms with van der Waals surface area (Å²) in [4.78, 5) is 37.3. The van der Waals surface area contributed by atoms with Crippen LogP contribution in [0.4, 0.5) is 5.69 Å². The van der Waals surface area contributed by atoms with E-state index >= 15 is 0 Å². The molecule has 1 N–H and O–H groups in total. The summed E-state index contributed by atoms with van der Waals surface area (Å²) < 4.78 is 0. The second kappa shape index (κ2) is 6.14. The lowest BCUT2D eigenvalue weighted by atomic mass is 10.1. The molecule has 0 aromatic heterocycles. The van der Waals surface area contributed by atoms with Crippen molar-refractivity contribution in [2.24, 2.45) is 0 Å². The molecule has 118 valence electrons. The number of carbonyl (C=O) groups is 3. The molecule has 24 heavy (non-hydrogen) atoms. The van der Waals surface area contributed by atoms with Gasteiger partial charge in [0, 0.05) is 16.3 Å². The molecule has 0 saturated heterocycles. The summed E-state index contributed by atoms with van der Waals surface area (Å²) in [7, 11) is 0. The fourth-order valence-electron chi connectivity index (χ4n) is 2.42. The van der Waals surface area contributed by atoms with Gasteiger partial charge in [0.2, 0.25) is 0 Å². The molecule has 1 aliphatic heterocycles. The number of carbonyl (C=O) groups excluding carboxylic acids is 3. The molecule has 1 heterocycles. The van der Waals surface area contributed by atoms with Crippen LogP contribution < -0.4 is 5.32 Å². The molecule has 3 amide bonds. The Morgan fingerprint density at radius 3 is 2.58 bits per heavy atom. The van der Waals surface area contributed by atoms with Crippen LogP contribution in [-0.4, -0.2) is 29.2 Å². The van der Waals surface area contributed by atoms with Gasteiger partial charge in [-0.25, -0.2) is 0 Å². The van der Waals surface area contributed by atoms with E-state index in [2.05, 4.69) is 5.32 Å². The molecule has 2 aromatic carbocycles. The summed E-state index contributed by atoms with van der Waals surface area (Å²) in [6, 6.07) is 12.6. The molecule has 0 saturated carbocycles. The Balaban J connectivity index is 1.86. The van der Waals surface area contributed by atoms with E-state index in [0.717, 1.165) is 4.90 Å². The summed E-state index contributed by atoms with van der Waals surface area (Å²) in [5.41, 5.74) is 1.13. The lowest BCUT2D eigenvalue weighted by molar-refractivity contribution is 0.0673. The van der Waals surface area contributed by atoms with Crippen molar-refractivity contribution in [2.75, 3.05) is 11.9 Å². The van der Waals surface area contributed by atoms with Gasteiger partial charge in [-0.15, -0.1) is 0 Å². The number of nitrogens with one attached hydrogen (secondary N) is 1. The van der Waals surface area contributed by atoms with E-state index in [1.54, 1.807) is 24.3 Å². The van der Waals surface area contributed by atoms with Crippen molar-refractivity contribution in [3.63, 3.8) is 0 Å². The molecule has 3 rings (SSSR count). The standard InChI is InChI=1S/C17H10ClN3O3/c18-11-3-1-2-10(8-11)15(22)20-12-4-5-13-14(9-12)17(24)21(7-6-19)16(13)23/h1-5,8-9H,7H2,(H,20,22). The molecule has 1 aliphatic rings. The lowest BCUT2D eigenvalue weighted by Crippen LogP contribution is -2.29. The second-order valence-corrected chi connectivity index (χ2v) is 5.52. The van der Waals surface area contributed by atoms with Crippen LogP contribution in [0.2, 0.25) is 5.02 Å². The fraction of sp³-hybridized carbons (Fsp3) is 0.0588. The lowest BCUT2D eigenvalue weighted by Gasteiger charge is -2.07. The molecule has 0 radical (unpaired) electrons. The average molecular weight is 340 g/mol. The summed E-state index contributed by atoms with van der Waals surface area (Å²) in [6.45, 7) is -0.309. The van der Waals surface area contributed by atoms with Gasteiger partial charge >= 0.3 is 0 Å². The number of hydrogen-bond donors (Lipinski definition) is 1. The SMILES string of the molecule is N#CCN1C(=O)c2ccc(NC(=O)c3cccc(Cl)c3)cc2C1=O. The van der Waals surface area contributed by atoms with Crippen LogP contribution >= 0.6 is 11.6 Å². The van der Waals surface area contributed by atoms with Gasteiger partial charge in [0.15, 0.2) is 0 Å². The zero-order valence-electron chi connectivity index (χ0n) is 12.2. The zero-order chi connectivity index (χ0) is 17.3. The van der Waals surface area contributed by atoms with Gasteiger partial charge in [0.05, 0.1) is 17.2 Å². The molecule has 0 bridgehead atoms. The minimum Gasteiger partial charge on any atom is -0.322 e. The van der Waals surface area contributed by atoms with Crippen molar-refractivity contribution in [1.29, 1.82) is 5.26 Å². The van der Waals surface area contributed by atoms with Gasteiger partial charge in [-0.2, -0.15) is 5.26 Å². The minimum absolute atomic E-state index is 0.166. The molecule has 0 aliphatic carbocycles. The third kappa shape index (κ3) is 2.73. The van der Waals surface area contributed by atoms with Gasteiger partial charge in [0.1, 0.15) is 6.54 Å². The second-order valence-electron chi connectivity index (χ2n) is 5.08. The Morgan fingerprint density at radius 2 is 1.88 bits per heavy atom. The van der Waals surface area contributed by atoms with E-state index in [-0.39, 0.29) is 23.6 Å². The third-order valence-electron chi connectivity index (χ3n) is 3.54. The Labute approximate surface area is 142 Å². The average Bonchev–Trinajstić information content (AvgIpc) is 2.80. The Bertz CT molecular complexity index is 918. The number of amides is 3. The summed E-state index contributed by atoms with van der Waals surface area (Å²) in [5, 5.41) is 11.8. The molecule has 0 unspecified atom stereocenters. The normalized spacial score (nSPS) is 12.8.